The summed E-state index contributed by atoms with van der Waals surface area (Å²) in [7, 11) is 3.19. The lowest BCUT2D eigenvalue weighted by Gasteiger charge is -2.13. The minimum absolute atomic E-state index is 0.245. The molecule has 1 heterocycles. The first-order chi connectivity index (χ1) is 16.4. The van der Waals surface area contributed by atoms with Crippen LogP contribution >= 0.6 is 0 Å². The number of hydrogen-bond acceptors (Lipinski definition) is 5. The highest BCUT2D eigenvalue weighted by Gasteiger charge is 2.28. The van der Waals surface area contributed by atoms with Crippen molar-refractivity contribution in [3.05, 3.63) is 89.2 Å². The Kier molecular flexibility index (Phi) is 6.54. The largest absolute Gasteiger partial charge is 0.497 e. The van der Waals surface area contributed by atoms with Crippen molar-refractivity contribution in [2.75, 3.05) is 19.5 Å². The second-order valence-electron chi connectivity index (χ2n) is 7.87. The number of nitrogens with one attached hydrogen (secondary N) is 1. The SMILES string of the molecule is COc1ccc(-c2cccc(C(=O)Nc3ccc(C4CC(C(=O)O)=C(C)O4)cc3)c2)c(OC)c1. The third-order valence-corrected chi connectivity index (χ3v) is 5.78. The molecule has 2 N–H and O–H groups in total. The van der Waals surface area contributed by atoms with Gasteiger partial charge in [0.1, 0.15) is 23.4 Å². The standard InChI is InChI=1S/C27H25NO6/c1-16-23(27(30)31)15-24(34-16)17-7-9-20(10-8-17)28-26(29)19-6-4-5-18(13-19)22-12-11-21(32-2)14-25(22)33-3/h4-14,24H,15H2,1-3H3,(H,28,29)(H,30,31). The number of amides is 1. The maximum Gasteiger partial charge on any atom is 0.335 e. The topological polar surface area (TPSA) is 94.1 Å². The Hall–Kier alpha value is -4.26. The molecule has 1 unspecified atom stereocenters. The van der Waals surface area contributed by atoms with Crippen molar-refractivity contribution in [2.24, 2.45) is 0 Å². The molecule has 174 valence electrons. The zero-order valence-corrected chi connectivity index (χ0v) is 19.1. The molecule has 0 radical (unpaired) electrons. The maximum absolute atomic E-state index is 12.9. The fourth-order valence-electron chi connectivity index (χ4n) is 3.93. The number of hydrogen-bond donors (Lipinski definition) is 2. The van der Waals surface area contributed by atoms with E-state index in [4.69, 9.17) is 14.2 Å². The van der Waals surface area contributed by atoms with Gasteiger partial charge in [-0.25, -0.2) is 4.79 Å². The molecule has 0 saturated carbocycles. The van der Waals surface area contributed by atoms with Gasteiger partial charge in [0.15, 0.2) is 0 Å². The van der Waals surface area contributed by atoms with E-state index in [0.717, 1.165) is 16.7 Å². The van der Waals surface area contributed by atoms with E-state index in [0.29, 0.717) is 34.9 Å². The molecule has 0 bridgehead atoms. The molecule has 1 amide bonds. The molecular formula is C27H25NO6. The summed E-state index contributed by atoms with van der Waals surface area (Å²) >= 11 is 0. The van der Waals surface area contributed by atoms with Crippen LogP contribution in [0.2, 0.25) is 0 Å². The Morgan fingerprint density at radius 2 is 1.76 bits per heavy atom. The van der Waals surface area contributed by atoms with Crippen LogP contribution in [0.4, 0.5) is 5.69 Å². The minimum atomic E-state index is -0.960. The van der Waals surface area contributed by atoms with E-state index >= 15 is 0 Å². The van der Waals surface area contributed by atoms with Crippen molar-refractivity contribution in [2.45, 2.75) is 19.4 Å². The summed E-state index contributed by atoms with van der Waals surface area (Å²) in [6.07, 6.45) is -0.0268. The fourth-order valence-corrected chi connectivity index (χ4v) is 3.93. The summed E-state index contributed by atoms with van der Waals surface area (Å²) in [6, 6.07) is 20.0. The Morgan fingerprint density at radius 1 is 1.00 bits per heavy atom. The van der Waals surface area contributed by atoms with E-state index in [1.807, 2.05) is 42.5 Å². The van der Waals surface area contributed by atoms with Gasteiger partial charge >= 0.3 is 5.97 Å². The normalized spacial score (nSPS) is 15.0. The molecule has 1 atom stereocenters. The molecule has 0 saturated heterocycles. The number of carboxylic acids is 1. The van der Waals surface area contributed by atoms with E-state index < -0.39 is 5.97 Å². The molecule has 0 aromatic heterocycles. The zero-order chi connectivity index (χ0) is 24.2. The zero-order valence-electron chi connectivity index (χ0n) is 19.1. The fraction of sp³-hybridized carbons (Fsp3) is 0.185. The third kappa shape index (κ3) is 4.73. The Labute approximate surface area is 197 Å². The predicted molar refractivity (Wildman–Crippen MR) is 128 cm³/mol. The van der Waals surface area contributed by atoms with E-state index in [1.54, 1.807) is 45.4 Å². The second kappa shape index (κ2) is 9.70. The van der Waals surface area contributed by atoms with Crippen molar-refractivity contribution < 1.29 is 28.9 Å². The Morgan fingerprint density at radius 3 is 2.41 bits per heavy atom. The minimum Gasteiger partial charge on any atom is -0.497 e. The number of rotatable bonds is 7. The molecule has 1 aliphatic rings. The lowest BCUT2D eigenvalue weighted by Crippen LogP contribution is -2.12. The van der Waals surface area contributed by atoms with Crippen molar-refractivity contribution in [1.29, 1.82) is 0 Å². The van der Waals surface area contributed by atoms with E-state index in [9.17, 15) is 14.7 Å². The molecule has 7 heteroatoms. The number of carbonyl (C=O) groups is 2. The highest BCUT2D eigenvalue weighted by atomic mass is 16.5. The van der Waals surface area contributed by atoms with Gasteiger partial charge in [-0.2, -0.15) is 0 Å². The van der Waals surface area contributed by atoms with Crippen molar-refractivity contribution >= 4 is 17.6 Å². The number of carboxylic acid groups (broad SMARTS) is 1. The molecule has 1 aliphatic heterocycles. The summed E-state index contributed by atoms with van der Waals surface area (Å²) in [5.41, 5.74) is 3.96. The summed E-state index contributed by atoms with van der Waals surface area (Å²) in [5, 5.41) is 12.1. The number of carbonyl (C=O) groups excluding carboxylic acids is 1. The van der Waals surface area contributed by atoms with Crippen LogP contribution in [0.25, 0.3) is 11.1 Å². The first-order valence-electron chi connectivity index (χ1n) is 10.7. The monoisotopic (exact) mass is 459 g/mol. The van der Waals surface area contributed by atoms with Crippen molar-refractivity contribution in [3.8, 4) is 22.6 Å². The first-order valence-corrected chi connectivity index (χ1v) is 10.7. The van der Waals surface area contributed by atoms with Crippen LogP contribution in [0.15, 0.2) is 78.1 Å². The van der Waals surface area contributed by atoms with Crippen LogP contribution in [-0.4, -0.2) is 31.2 Å². The summed E-state index contributed by atoms with van der Waals surface area (Å²) < 4.78 is 16.4. The number of anilines is 1. The quantitative estimate of drug-likeness (QED) is 0.488. The molecule has 0 spiro atoms. The molecule has 3 aromatic rings. The average molecular weight is 459 g/mol. The van der Waals surface area contributed by atoms with Crippen LogP contribution in [-0.2, 0) is 9.53 Å². The molecule has 3 aromatic carbocycles. The molecular weight excluding hydrogens is 434 g/mol. The highest BCUT2D eigenvalue weighted by Crippen LogP contribution is 2.36. The van der Waals surface area contributed by atoms with Crippen LogP contribution < -0.4 is 14.8 Å². The number of methoxy groups -OCH3 is 2. The van der Waals surface area contributed by atoms with Gasteiger partial charge in [0.25, 0.3) is 5.91 Å². The van der Waals surface area contributed by atoms with E-state index in [1.165, 1.54) is 0 Å². The third-order valence-electron chi connectivity index (χ3n) is 5.78. The average Bonchev–Trinajstić information content (AvgIpc) is 3.26. The predicted octanol–water partition coefficient (Wildman–Crippen LogP) is 5.44. The van der Waals surface area contributed by atoms with Crippen LogP contribution in [0.5, 0.6) is 11.5 Å². The molecule has 4 rings (SSSR count). The number of allylic oxidation sites excluding steroid dienone is 1. The van der Waals surface area contributed by atoms with Gasteiger partial charge in [-0.05, 0) is 54.4 Å². The molecule has 0 fully saturated rings. The van der Waals surface area contributed by atoms with Crippen molar-refractivity contribution in [3.63, 3.8) is 0 Å². The van der Waals surface area contributed by atoms with Gasteiger partial charge < -0.3 is 24.6 Å². The number of ether oxygens (including phenoxy) is 3. The Bertz CT molecular complexity index is 1260. The van der Waals surface area contributed by atoms with Gasteiger partial charge in [0, 0.05) is 29.3 Å². The van der Waals surface area contributed by atoms with Gasteiger partial charge in [0.05, 0.1) is 19.8 Å². The van der Waals surface area contributed by atoms with Gasteiger partial charge in [-0.15, -0.1) is 0 Å². The maximum atomic E-state index is 12.9. The second-order valence-corrected chi connectivity index (χ2v) is 7.87. The van der Waals surface area contributed by atoms with Gasteiger partial charge in [-0.1, -0.05) is 24.3 Å². The van der Waals surface area contributed by atoms with Crippen molar-refractivity contribution in [1.82, 2.24) is 0 Å². The van der Waals surface area contributed by atoms with Crippen LogP contribution in [0.3, 0.4) is 0 Å². The lowest BCUT2D eigenvalue weighted by atomic mass is 10.0. The summed E-state index contributed by atoms with van der Waals surface area (Å²) in [4.78, 5) is 24.2. The van der Waals surface area contributed by atoms with Crippen LogP contribution in [0.1, 0.15) is 35.4 Å². The van der Waals surface area contributed by atoms with Gasteiger partial charge in [0.2, 0.25) is 0 Å². The summed E-state index contributed by atoms with van der Waals surface area (Å²) in [6.45, 7) is 1.66. The van der Waals surface area contributed by atoms with E-state index in [2.05, 4.69) is 5.32 Å². The smallest absolute Gasteiger partial charge is 0.335 e. The molecule has 34 heavy (non-hydrogen) atoms. The summed E-state index contributed by atoms with van der Waals surface area (Å²) in [5.74, 6) is 0.565. The number of benzene rings is 3. The Balaban J connectivity index is 1.47. The lowest BCUT2D eigenvalue weighted by molar-refractivity contribution is -0.132. The first kappa shape index (κ1) is 22.9. The van der Waals surface area contributed by atoms with E-state index in [-0.39, 0.29) is 17.6 Å². The molecule has 0 aliphatic carbocycles. The number of aliphatic carboxylic acids is 1. The van der Waals surface area contributed by atoms with Gasteiger partial charge in [-0.3, -0.25) is 4.79 Å². The molecule has 7 nitrogen and oxygen atoms in total. The highest BCUT2D eigenvalue weighted by molar-refractivity contribution is 6.05. The van der Waals surface area contributed by atoms with Crippen LogP contribution in [0, 0.1) is 0 Å².